The quantitative estimate of drug-likeness (QED) is 0.604. The molecule has 0 saturated heterocycles. The molecule has 0 spiro atoms. The molecule has 0 aliphatic heterocycles. The average molecular weight is 155 g/mol. The fraction of sp³-hybridized carbons (Fsp3) is 1.00. The van der Waals surface area contributed by atoms with E-state index >= 15 is 0 Å². The van der Waals surface area contributed by atoms with Crippen LogP contribution in [0.3, 0.4) is 0 Å². The van der Waals surface area contributed by atoms with Crippen LogP contribution < -0.4 is 5.32 Å². The molecular formula is C9H17NO. The molecule has 0 aromatic heterocycles. The molecule has 0 radical (unpaired) electrons. The second kappa shape index (κ2) is 3.55. The second-order valence-corrected chi connectivity index (χ2v) is 3.65. The summed E-state index contributed by atoms with van der Waals surface area (Å²) in [5, 5.41) is 3.44. The van der Waals surface area contributed by atoms with Crippen LogP contribution in [0.15, 0.2) is 0 Å². The monoisotopic (exact) mass is 155 g/mol. The minimum absolute atomic E-state index is 0.607. The summed E-state index contributed by atoms with van der Waals surface area (Å²) in [6, 6.07) is 0.833. The molecule has 0 aromatic carbocycles. The van der Waals surface area contributed by atoms with E-state index in [4.69, 9.17) is 4.74 Å². The van der Waals surface area contributed by atoms with Crippen molar-refractivity contribution in [2.24, 2.45) is 0 Å². The summed E-state index contributed by atoms with van der Waals surface area (Å²) in [6.07, 6.45) is 7.33. The molecule has 0 bridgehead atoms. The van der Waals surface area contributed by atoms with Crippen LogP contribution in [0.5, 0.6) is 0 Å². The first-order chi connectivity index (χ1) is 5.45. The van der Waals surface area contributed by atoms with Gasteiger partial charge < -0.3 is 10.1 Å². The maximum atomic E-state index is 5.59. The molecule has 2 heteroatoms. The van der Waals surface area contributed by atoms with E-state index in [0.29, 0.717) is 6.10 Å². The molecule has 1 N–H and O–H groups in total. The van der Waals surface area contributed by atoms with Gasteiger partial charge >= 0.3 is 0 Å². The van der Waals surface area contributed by atoms with E-state index in [0.717, 1.165) is 19.2 Å². The molecule has 11 heavy (non-hydrogen) atoms. The zero-order valence-electron chi connectivity index (χ0n) is 7.01. The van der Waals surface area contributed by atoms with Gasteiger partial charge in [-0.25, -0.2) is 0 Å². The molecule has 64 valence electrons. The Morgan fingerprint density at radius 3 is 2.55 bits per heavy atom. The zero-order chi connectivity index (χ0) is 7.52. The molecule has 0 atom stereocenters. The fourth-order valence-electron chi connectivity index (χ4n) is 1.31. The number of hydrogen-bond donors (Lipinski definition) is 1. The van der Waals surface area contributed by atoms with Crippen molar-refractivity contribution in [2.75, 3.05) is 13.2 Å². The molecule has 0 amide bonds. The molecule has 2 nitrogen and oxygen atoms in total. The molecule has 0 aromatic rings. The normalized spacial score (nSPS) is 25.1. The zero-order valence-corrected chi connectivity index (χ0v) is 7.01. The Kier molecular flexibility index (Phi) is 2.44. The third kappa shape index (κ3) is 2.46. The van der Waals surface area contributed by atoms with Crippen molar-refractivity contribution in [3.8, 4) is 0 Å². The molecule has 2 saturated carbocycles. The van der Waals surface area contributed by atoms with Gasteiger partial charge in [0.1, 0.15) is 0 Å². The first kappa shape index (κ1) is 7.56. The van der Waals surface area contributed by atoms with Gasteiger partial charge in [0.25, 0.3) is 0 Å². The van der Waals surface area contributed by atoms with Gasteiger partial charge in [0.05, 0.1) is 12.7 Å². The van der Waals surface area contributed by atoms with Crippen molar-refractivity contribution in [3.05, 3.63) is 0 Å². The highest BCUT2D eigenvalue weighted by Crippen LogP contribution is 2.21. The molecule has 2 fully saturated rings. The minimum Gasteiger partial charge on any atom is -0.377 e. The standard InChI is InChI=1S/C9H17NO/c1-2-9(3-1)11-7-6-10-8-4-5-8/h8-10H,1-7H2. The van der Waals surface area contributed by atoms with E-state index in [1.165, 1.54) is 32.1 Å². The lowest BCUT2D eigenvalue weighted by Crippen LogP contribution is -2.27. The smallest absolute Gasteiger partial charge is 0.0594 e. The Bertz CT molecular complexity index is 119. The van der Waals surface area contributed by atoms with Gasteiger partial charge in [-0.05, 0) is 32.1 Å². The van der Waals surface area contributed by atoms with E-state index in [2.05, 4.69) is 5.32 Å². The van der Waals surface area contributed by atoms with Crippen molar-refractivity contribution in [1.29, 1.82) is 0 Å². The summed E-state index contributed by atoms with van der Waals surface area (Å²) in [5.74, 6) is 0. The highest BCUT2D eigenvalue weighted by molar-refractivity contribution is 4.80. The Morgan fingerprint density at radius 2 is 2.00 bits per heavy atom. The molecule has 2 aliphatic rings. The van der Waals surface area contributed by atoms with E-state index in [1.54, 1.807) is 0 Å². The van der Waals surface area contributed by atoms with Crippen molar-refractivity contribution in [3.63, 3.8) is 0 Å². The number of hydrogen-bond acceptors (Lipinski definition) is 2. The fourth-order valence-corrected chi connectivity index (χ4v) is 1.31. The SMILES string of the molecule is C1CC(OCCNC2CC2)C1. The Balaban J connectivity index is 1.40. The molecule has 0 heterocycles. The highest BCUT2D eigenvalue weighted by atomic mass is 16.5. The van der Waals surface area contributed by atoms with Crippen LogP contribution in [0.2, 0.25) is 0 Å². The lowest BCUT2D eigenvalue weighted by molar-refractivity contribution is 0.00418. The summed E-state index contributed by atoms with van der Waals surface area (Å²) in [6.45, 7) is 1.97. The van der Waals surface area contributed by atoms with Crippen LogP contribution in [0.1, 0.15) is 32.1 Å². The summed E-state index contributed by atoms with van der Waals surface area (Å²) in [7, 11) is 0. The van der Waals surface area contributed by atoms with Crippen LogP contribution >= 0.6 is 0 Å². The van der Waals surface area contributed by atoms with Crippen LogP contribution in [-0.2, 0) is 4.74 Å². The third-order valence-electron chi connectivity index (χ3n) is 2.52. The van der Waals surface area contributed by atoms with Crippen LogP contribution in [0.25, 0.3) is 0 Å². The van der Waals surface area contributed by atoms with Gasteiger partial charge in [0.2, 0.25) is 0 Å². The first-order valence-corrected chi connectivity index (χ1v) is 4.80. The summed E-state index contributed by atoms with van der Waals surface area (Å²) in [4.78, 5) is 0. The topological polar surface area (TPSA) is 21.3 Å². The molecule has 2 rings (SSSR count). The molecule has 0 unspecified atom stereocenters. The maximum Gasteiger partial charge on any atom is 0.0594 e. The van der Waals surface area contributed by atoms with Crippen LogP contribution in [0, 0.1) is 0 Å². The first-order valence-electron chi connectivity index (χ1n) is 4.80. The van der Waals surface area contributed by atoms with Crippen molar-refractivity contribution in [1.82, 2.24) is 5.32 Å². The Labute approximate surface area is 68.3 Å². The predicted octanol–water partition coefficient (Wildman–Crippen LogP) is 1.31. The summed E-state index contributed by atoms with van der Waals surface area (Å²) in [5.41, 5.74) is 0. The van der Waals surface area contributed by atoms with Gasteiger partial charge in [-0.1, -0.05) is 0 Å². The van der Waals surface area contributed by atoms with Crippen molar-refractivity contribution >= 4 is 0 Å². The van der Waals surface area contributed by atoms with Crippen LogP contribution in [-0.4, -0.2) is 25.3 Å². The van der Waals surface area contributed by atoms with Crippen molar-refractivity contribution in [2.45, 2.75) is 44.2 Å². The largest absolute Gasteiger partial charge is 0.377 e. The van der Waals surface area contributed by atoms with Crippen LogP contribution in [0.4, 0.5) is 0 Å². The lowest BCUT2D eigenvalue weighted by Gasteiger charge is -2.25. The van der Waals surface area contributed by atoms with Gasteiger partial charge in [-0.15, -0.1) is 0 Å². The van der Waals surface area contributed by atoms with E-state index < -0.39 is 0 Å². The van der Waals surface area contributed by atoms with E-state index in [-0.39, 0.29) is 0 Å². The minimum atomic E-state index is 0.607. The third-order valence-corrected chi connectivity index (χ3v) is 2.52. The van der Waals surface area contributed by atoms with Gasteiger partial charge in [0, 0.05) is 12.6 Å². The average Bonchev–Trinajstić information content (AvgIpc) is 2.66. The van der Waals surface area contributed by atoms with Gasteiger partial charge in [0.15, 0.2) is 0 Å². The van der Waals surface area contributed by atoms with Crippen molar-refractivity contribution < 1.29 is 4.74 Å². The maximum absolute atomic E-state index is 5.59. The van der Waals surface area contributed by atoms with Gasteiger partial charge in [-0.3, -0.25) is 0 Å². The Hall–Kier alpha value is -0.0800. The number of ether oxygens (including phenoxy) is 1. The number of rotatable bonds is 5. The molecule has 2 aliphatic carbocycles. The van der Waals surface area contributed by atoms with Gasteiger partial charge in [-0.2, -0.15) is 0 Å². The number of nitrogens with one attached hydrogen (secondary N) is 1. The lowest BCUT2D eigenvalue weighted by atomic mass is 9.96. The predicted molar refractivity (Wildman–Crippen MR) is 44.6 cm³/mol. The molecular weight excluding hydrogens is 138 g/mol. The summed E-state index contributed by atoms with van der Waals surface area (Å²) >= 11 is 0. The van der Waals surface area contributed by atoms with E-state index in [9.17, 15) is 0 Å². The Morgan fingerprint density at radius 1 is 1.18 bits per heavy atom. The highest BCUT2D eigenvalue weighted by Gasteiger charge is 2.20. The van der Waals surface area contributed by atoms with E-state index in [1.807, 2.05) is 0 Å². The second-order valence-electron chi connectivity index (χ2n) is 3.65. The summed E-state index contributed by atoms with van der Waals surface area (Å²) < 4.78 is 5.59.